The summed E-state index contributed by atoms with van der Waals surface area (Å²) in [5, 5.41) is 6.19. The molecule has 0 aliphatic heterocycles. The number of para-hydroxylation sites is 1. The second kappa shape index (κ2) is 4.99. The van der Waals surface area contributed by atoms with Gasteiger partial charge in [0.15, 0.2) is 6.20 Å². The number of fused-ring (bicyclic) bond motifs is 5. The molecule has 0 saturated heterocycles. The lowest BCUT2D eigenvalue weighted by atomic mass is 9.94. The Balaban J connectivity index is 2.16. The number of rotatable bonds is 0. The molecule has 0 unspecified atom stereocenters. The van der Waals surface area contributed by atoms with Crippen LogP contribution in [0.1, 0.15) is 11.1 Å². The van der Waals surface area contributed by atoms with E-state index in [-0.39, 0.29) is 0 Å². The summed E-state index contributed by atoms with van der Waals surface area (Å²) in [5.41, 5.74) is 7.95. The molecule has 0 aliphatic carbocycles. The van der Waals surface area contributed by atoms with Crippen LogP contribution in [0.25, 0.3) is 53.8 Å². The zero-order chi connectivity index (χ0) is 19.2. The maximum absolute atomic E-state index is 7.74. The van der Waals surface area contributed by atoms with Gasteiger partial charge in [0.2, 0.25) is 11.2 Å². The van der Waals surface area contributed by atoms with Crippen LogP contribution >= 0.6 is 0 Å². The van der Waals surface area contributed by atoms with Gasteiger partial charge in [-0.25, -0.2) is 4.85 Å². The average Bonchev–Trinajstić information content (AvgIpc) is 3.05. The van der Waals surface area contributed by atoms with Crippen molar-refractivity contribution in [2.45, 2.75) is 13.8 Å². The van der Waals surface area contributed by atoms with Gasteiger partial charge in [-0.2, -0.15) is 4.57 Å². The quantitative estimate of drug-likeness (QED) is 0.137. The van der Waals surface area contributed by atoms with Gasteiger partial charge in [0.1, 0.15) is 12.6 Å². The molecule has 6 rings (SSSR count). The first kappa shape index (κ1) is 15.4. The second-order valence-electron chi connectivity index (χ2n) is 7.73. The normalized spacial score (nSPS) is 12.1. The Morgan fingerprint density at radius 2 is 1.71 bits per heavy atom. The predicted molar refractivity (Wildman–Crippen MR) is 116 cm³/mol. The van der Waals surface area contributed by atoms with E-state index in [1.165, 1.54) is 49.2 Å². The Bertz CT molecular complexity index is 1640. The summed E-state index contributed by atoms with van der Waals surface area (Å²) >= 11 is 0. The Morgan fingerprint density at radius 1 is 0.929 bits per heavy atom. The highest BCUT2D eigenvalue weighted by molar-refractivity contribution is 6.26. The van der Waals surface area contributed by atoms with Crippen molar-refractivity contribution in [3.63, 3.8) is 0 Å². The molecule has 0 aliphatic rings. The highest BCUT2D eigenvalue weighted by Gasteiger charge is 2.25. The SMILES string of the molecule is [C-]#[N+]c1cccc2c3cc[n+](C)c4c5c(C)c(C)cc6cccc(c65)n(c12)c34. The van der Waals surface area contributed by atoms with Gasteiger partial charge in [-0.3, -0.25) is 0 Å². The van der Waals surface area contributed by atoms with Crippen molar-refractivity contribution in [1.29, 1.82) is 0 Å². The second-order valence-corrected chi connectivity index (χ2v) is 7.73. The predicted octanol–water partition coefficient (Wildman–Crippen LogP) is 5.98. The maximum Gasteiger partial charge on any atom is 0.238 e. The molecular weight excluding hydrogens is 342 g/mol. The van der Waals surface area contributed by atoms with Crippen LogP contribution in [0.15, 0.2) is 54.7 Å². The Kier molecular flexibility index (Phi) is 2.75. The molecule has 0 amide bonds. The number of benzene rings is 3. The van der Waals surface area contributed by atoms with E-state index in [0.717, 1.165) is 10.9 Å². The molecule has 28 heavy (non-hydrogen) atoms. The third-order valence-corrected chi connectivity index (χ3v) is 6.31. The van der Waals surface area contributed by atoms with E-state index in [9.17, 15) is 0 Å². The van der Waals surface area contributed by atoms with Gasteiger partial charge in [0.05, 0.1) is 23.0 Å². The average molecular weight is 360 g/mol. The fourth-order valence-electron chi connectivity index (χ4n) is 4.96. The molecule has 0 atom stereocenters. The third-order valence-electron chi connectivity index (χ3n) is 6.31. The summed E-state index contributed by atoms with van der Waals surface area (Å²) in [6, 6.07) is 17.0. The van der Waals surface area contributed by atoms with Crippen molar-refractivity contribution in [3.8, 4) is 0 Å². The van der Waals surface area contributed by atoms with E-state index in [1.54, 1.807) is 0 Å². The first-order valence-electron chi connectivity index (χ1n) is 9.48. The molecule has 3 heterocycles. The first-order valence-corrected chi connectivity index (χ1v) is 9.48. The Morgan fingerprint density at radius 3 is 2.54 bits per heavy atom. The number of hydrogen-bond donors (Lipinski definition) is 0. The van der Waals surface area contributed by atoms with E-state index < -0.39 is 0 Å². The standard InChI is InChI=1S/C25H18N3/c1-14-13-16-7-5-10-20-22(16)21(15(14)2)25-24-18(11-12-27(25)4)17-8-6-9-19(26-3)23(17)28(20)24/h5-13H,1-2,4H3/q+1. The van der Waals surface area contributed by atoms with Gasteiger partial charge >= 0.3 is 0 Å². The molecule has 0 spiro atoms. The summed E-state index contributed by atoms with van der Waals surface area (Å²) in [5.74, 6) is 0. The first-order chi connectivity index (χ1) is 13.6. The number of aromatic nitrogens is 2. The molecule has 0 fully saturated rings. The summed E-state index contributed by atoms with van der Waals surface area (Å²) in [6.45, 7) is 12.2. The van der Waals surface area contributed by atoms with Crippen LogP contribution in [-0.4, -0.2) is 4.40 Å². The monoisotopic (exact) mass is 360 g/mol. The van der Waals surface area contributed by atoms with Crippen LogP contribution in [-0.2, 0) is 7.05 Å². The van der Waals surface area contributed by atoms with Gasteiger partial charge in [0, 0.05) is 16.8 Å². The van der Waals surface area contributed by atoms with Crippen molar-refractivity contribution >= 4 is 54.7 Å². The van der Waals surface area contributed by atoms with Crippen molar-refractivity contribution in [3.05, 3.63) is 77.3 Å². The van der Waals surface area contributed by atoms with Gasteiger partial charge in [0.25, 0.3) is 0 Å². The van der Waals surface area contributed by atoms with Gasteiger partial charge < -0.3 is 4.40 Å². The smallest absolute Gasteiger partial charge is 0.238 e. The molecule has 0 saturated carbocycles. The fourth-order valence-corrected chi connectivity index (χ4v) is 4.96. The molecule has 132 valence electrons. The largest absolute Gasteiger partial charge is 0.313 e. The van der Waals surface area contributed by atoms with E-state index in [2.05, 4.69) is 77.3 Å². The molecule has 3 heteroatoms. The summed E-state index contributed by atoms with van der Waals surface area (Å²) in [4.78, 5) is 3.85. The van der Waals surface area contributed by atoms with E-state index >= 15 is 0 Å². The molecule has 3 nitrogen and oxygen atoms in total. The zero-order valence-electron chi connectivity index (χ0n) is 16.0. The minimum Gasteiger partial charge on any atom is -0.313 e. The summed E-state index contributed by atoms with van der Waals surface area (Å²) < 4.78 is 4.55. The van der Waals surface area contributed by atoms with Crippen LogP contribution < -0.4 is 4.57 Å². The summed E-state index contributed by atoms with van der Waals surface area (Å²) in [7, 11) is 2.12. The van der Waals surface area contributed by atoms with Gasteiger partial charge in [-0.15, -0.1) is 0 Å². The van der Waals surface area contributed by atoms with Crippen LogP contribution in [0.3, 0.4) is 0 Å². The highest BCUT2D eigenvalue weighted by atomic mass is 15.0. The van der Waals surface area contributed by atoms with Crippen molar-refractivity contribution in [2.24, 2.45) is 7.05 Å². The summed E-state index contributed by atoms with van der Waals surface area (Å²) in [6.07, 6.45) is 2.15. The minimum absolute atomic E-state index is 0.701. The molecule has 0 radical (unpaired) electrons. The molecule has 3 aromatic carbocycles. The molecule has 6 aromatic rings. The zero-order valence-corrected chi connectivity index (χ0v) is 16.0. The lowest BCUT2D eigenvalue weighted by Crippen LogP contribution is -2.29. The van der Waals surface area contributed by atoms with E-state index in [0.29, 0.717) is 5.69 Å². The van der Waals surface area contributed by atoms with Crippen molar-refractivity contribution in [2.75, 3.05) is 0 Å². The topological polar surface area (TPSA) is 12.7 Å². The third kappa shape index (κ3) is 1.62. The lowest BCUT2D eigenvalue weighted by Gasteiger charge is -2.15. The van der Waals surface area contributed by atoms with Crippen LogP contribution in [0, 0.1) is 20.4 Å². The van der Waals surface area contributed by atoms with Crippen LogP contribution in [0.4, 0.5) is 5.69 Å². The maximum atomic E-state index is 7.74. The fraction of sp³-hybridized carbons (Fsp3) is 0.120. The molecular formula is C25H18N3+. The minimum atomic E-state index is 0.701. The molecule has 0 bridgehead atoms. The van der Waals surface area contributed by atoms with Gasteiger partial charge in [-0.1, -0.05) is 36.4 Å². The van der Waals surface area contributed by atoms with Crippen molar-refractivity contribution < 1.29 is 4.57 Å². The van der Waals surface area contributed by atoms with E-state index in [4.69, 9.17) is 6.57 Å². The number of aryl methyl sites for hydroxylation is 3. The van der Waals surface area contributed by atoms with Crippen LogP contribution in [0.2, 0.25) is 0 Å². The van der Waals surface area contributed by atoms with Crippen molar-refractivity contribution in [1.82, 2.24) is 4.40 Å². The Labute approximate surface area is 162 Å². The van der Waals surface area contributed by atoms with Crippen LogP contribution in [0.5, 0.6) is 0 Å². The molecule has 3 aromatic heterocycles. The molecule has 0 N–H and O–H groups in total. The number of pyridine rings is 2. The Hall–Kier alpha value is -3.64. The van der Waals surface area contributed by atoms with E-state index in [1.807, 2.05) is 12.1 Å². The lowest BCUT2D eigenvalue weighted by molar-refractivity contribution is -0.644. The van der Waals surface area contributed by atoms with Gasteiger partial charge in [-0.05, 0) is 41.8 Å². The highest BCUT2D eigenvalue weighted by Crippen LogP contribution is 2.42. The number of hydrogen-bond acceptors (Lipinski definition) is 0. The number of nitrogens with zero attached hydrogens (tertiary/aromatic N) is 3.